The molecule has 2 aromatic carbocycles. The molecule has 32 heavy (non-hydrogen) atoms. The summed E-state index contributed by atoms with van der Waals surface area (Å²) < 4.78 is 14.1. The Hall–Kier alpha value is -2.36. The number of para-hydroxylation sites is 1. The number of nitrogens with one attached hydrogen (secondary N) is 1. The molecule has 2 heterocycles. The molecule has 6 nitrogen and oxygen atoms in total. The van der Waals surface area contributed by atoms with Gasteiger partial charge in [0, 0.05) is 59.3 Å². The summed E-state index contributed by atoms with van der Waals surface area (Å²) in [6.45, 7) is 5.20. The Balaban J connectivity index is 0.00000289. The zero-order valence-electron chi connectivity index (χ0n) is 18.5. The van der Waals surface area contributed by atoms with Gasteiger partial charge in [-0.3, -0.25) is 9.79 Å². The third-order valence-electron chi connectivity index (χ3n) is 6.07. The molecule has 1 amide bonds. The van der Waals surface area contributed by atoms with Gasteiger partial charge in [0.1, 0.15) is 5.82 Å². The molecular formula is C24H31FIN5O. The fraction of sp³-hybridized carbons (Fsp3) is 0.417. The fourth-order valence-corrected chi connectivity index (χ4v) is 4.33. The second kappa shape index (κ2) is 11.5. The van der Waals surface area contributed by atoms with Gasteiger partial charge in [0.2, 0.25) is 5.91 Å². The minimum absolute atomic E-state index is 0. The second-order valence-electron chi connectivity index (χ2n) is 8.01. The van der Waals surface area contributed by atoms with Crippen LogP contribution in [0.5, 0.6) is 0 Å². The number of anilines is 1. The van der Waals surface area contributed by atoms with Gasteiger partial charge in [-0.25, -0.2) is 4.39 Å². The number of nitrogens with zero attached hydrogens (tertiary/aromatic N) is 4. The van der Waals surface area contributed by atoms with Gasteiger partial charge in [-0.2, -0.15) is 0 Å². The van der Waals surface area contributed by atoms with E-state index in [0.717, 1.165) is 45.1 Å². The van der Waals surface area contributed by atoms with E-state index in [1.165, 1.54) is 17.2 Å². The third kappa shape index (κ3) is 5.70. The summed E-state index contributed by atoms with van der Waals surface area (Å²) in [5, 5.41) is 3.48. The molecule has 0 bridgehead atoms. The first-order chi connectivity index (χ1) is 15.2. The van der Waals surface area contributed by atoms with Crippen molar-refractivity contribution in [3.8, 4) is 0 Å². The smallest absolute Gasteiger partial charge is 0.222 e. The minimum Gasteiger partial charge on any atom is -0.366 e. The van der Waals surface area contributed by atoms with Crippen molar-refractivity contribution in [1.29, 1.82) is 0 Å². The highest BCUT2D eigenvalue weighted by Gasteiger charge is 2.23. The van der Waals surface area contributed by atoms with E-state index in [-0.39, 0.29) is 35.7 Å². The monoisotopic (exact) mass is 551 g/mol. The highest BCUT2D eigenvalue weighted by Crippen LogP contribution is 2.20. The Kier molecular flexibility index (Phi) is 8.72. The number of benzene rings is 2. The lowest BCUT2D eigenvalue weighted by molar-refractivity contribution is -0.128. The molecule has 0 aliphatic carbocycles. The van der Waals surface area contributed by atoms with Gasteiger partial charge in [-0.1, -0.05) is 36.4 Å². The number of rotatable bonds is 5. The highest BCUT2D eigenvalue weighted by atomic mass is 127. The molecule has 2 aromatic rings. The average molecular weight is 551 g/mol. The second-order valence-corrected chi connectivity index (χ2v) is 8.01. The molecule has 0 unspecified atom stereocenters. The molecule has 2 aliphatic heterocycles. The highest BCUT2D eigenvalue weighted by molar-refractivity contribution is 14.0. The predicted molar refractivity (Wildman–Crippen MR) is 137 cm³/mol. The molecule has 2 fully saturated rings. The van der Waals surface area contributed by atoms with Crippen molar-refractivity contribution < 1.29 is 9.18 Å². The van der Waals surface area contributed by atoms with E-state index in [0.29, 0.717) is 25.2 Å². The Labute approximate surface area is 206 Å². The van der Waals surface area contributed by atoms with E-state index in [1.54, 1.807) is 13.1 Å². The van der Waals surface area contributed by atoms with Crippen molar-refractivity contribution in [3.63, 3.8) is 0 Å². The summed E-state index contributed by atoms with van der Waals surface area (Å²) in [5.41, 5.74) is 3.01. The number of amides is 1. The third-order valence-corrected chi connectivity index (χ3v) is 6.07. The van der Waals surface area contributed by atoms with Crippen LogP contribution >= 0.6 is 24.0 Å². The van der Waals surface area contributed by atoms with Crippen LogP contribution in [0.3, 0.4) is 0 Å². The lowest BCUT2D eigenvalue weighted by Gasteiger charge is -2.37. The number of likely N-dealkylation sites (tertiary alicyclic amines) is 1. The molecule has 8 heteroatoms. The SMILES string of the molecule is CN=C(NCc1ccccc1CN1CCCC1=O)N1CCN(c2ccccc2F)CC1.I. The first-order valence-corrected chi connectivity index (χ1v) is 11.0. The molecule has 4 rings (SSSR count). The van der Waals surface area contributed by atoms with Crippen LogP contribution in [0.2, 0.25) is 0 Å². The van der Waals surface area contributed by atoms with Crippen molar-refractivity contribution in [2.75, 3.05) is 44.7 Å². The van der Waals surface area contributed by atoms with E-state index < -0.39 is 0 Å². The Bertz CT molecular complexity index is 945. The molecule has 0 radical (unpaired) electrons. The van der Waals surface area contributed by atoms with Crippen LogP contribution < -0.4 is 10.2 Å². The molecule has 0 saturated carbocycles. The van der Waals surface area contributed by atoms with Crippen LogP contribution in [0.1, 0.15) is 24.0 Å². The first-order valence-electron chi connectivity index (χ1n) is 11.0. The molecular weight excluding hydrogens is 520 g/mol. The van der Waals surface area contributed by atoms with Crippen LogP contribution in [-0.4, -0.2) is 61.4 Å². The summed E-state index contributed by atoms with van der Waals surface area (Å²) in [6, 6.07) is 15.2. The predicted octanol–water partition coefficient (Wildman–Crippen LogP) is 3.46. The zero-order chi connectivity index (χ0) is 21.6. The van der Waals surface area contributed by atoms with Crippen LogP contribution in [0.4, 0.5) is 10.1 Å². The molecule has 2 aliphatic rings. The van der Waals surface area contributed by atoms with Gasteiger partial charge in [0.15, 0.2) is 5.96 Å². The maximum Gasteiger partial charge on any atom is 0.222 e. The van der Waals surface area contributed by atoms with E-state index in [2.05, 4.69) is 32.2 Å². The number of hydrogen-bond acceptors (Lipinski definition) is 3. The lowest BCUT2D eigenvalue weighted by atomic mass is 10.1. The minimum atomic E-state index is -0.174. The summed E-state index contributed by atoms with van der Waals surface area (Å²) in [7, 11) is 1.79. The fourth-order valence-electron chi connectivity index (χ4n) is 4.33. The number of carbonyl (C=O) groups excluding carboxylic acids is 1. The van der Waals surface area contributed by atoms with Crippen LogP contribution in [0.15, 0.2) is 53.5 Å². The maximum absolute atomic E-state index is 14.1. The lowest BCUT2D eigenvalue weighted by Crippen LogP contribution is -2.52. The summed E-state index contributed by atoms with van der Waals surface area (Å²) in [6.07, 6.45) is 1.61. The van der Waals surface area contributed by atoms with Crippen molar-refractivity contribution in [1.82, 2.24) is 15.1 Å². The average Bonchev–Trinajstić information content (AvgIpc) is 3.20. The number of hydrogen-bond donors (Lipinski definition) is 1. The number of aliphatic imine (C=N–C) groups is 1. The van der Waals surface area contributed by atoms with Gasteiger partial charge in [-0.15, -0.1) is 24.0 Å². The van der Waals surface area contributed by atoms with Gasteiger partial charge in [-0.05, 0) is 29.7 Å². The Morgan fingerprint density at radius 1 is 1.00 bits per heavy atom. The normalized spacial score (nSPS) is 16.9. The van der Waals surface area contributed by atoms with E-state index in [4.69, 9.17) is 0 Å². The Morgan fingerprint density at radius 2 is 1.69 bits per heavy atom. The molecule has 0 atom stereocenters. The van der Waals surface area contributed by atoms with Gasteiger partial charge >= 0.3 is 0 Å². The molecule has 0 spiro atoms. The van der Waals surface area contributed by atoms with Crippen molar-refractivity contribution >= 4 is 41.5 Å². The molecule has 1 N–H and O–H groups in total. The number of guanidine groups is 1. The topological polar surface area (TPSA) is 51.2 Å². The molecule has 172 valence electrons. The van der Waals surface area contributed by atoms with Gasteiger partial charge in [0.25, 0.3) is 0 Å². The maximum atomic E-state index is 14.1. The molecule has 0 aromatic heterocycles. The van der Waals surface area contributed by atoms with E-state index in [1.807, 2.05) is 29.2 Å². The van der Waals surface area contributed by atoms with Gasteiger partial charge in [0.05, 0.1) is 5.69 Å². The summed E-state index contributed by atoms with van der Waals surface area (Å²) in [5.74, 6) is 0.915. The number of carbonyl (C=O) groups is 1. The molecule has 2 saturated heterocycles. The van der Waals surface area contributed by atoms with Crippen molar-refractivity contribution in [2.24, 2.45) is 4.99 Å². The zero-order valence-corrected chi connectivity index (χ0v) is 20.8. The standard InChI is InChI=1S/C24H30FN5O.HI/c1-26-24(29-15-13-28(14-16-29)22-10-5-4-9-21(22)25)27-17-19-7-2-3-8-20(19)18-30-12-6-11-23(30)31;/h2-5,7-10H,6,11-18H2,1H3,(H,26,27);1H. The van der Waals surface area contributed by atoms with Crippen LogP contribution in [0, 0.1) is 5.82 Å². The van der Waals surface area contributed by atoms with Crippen molar-refractivity contribution in [3.05, 3.63) is 65.5 Å². The number of piperazine rings is 1. The summed E-state index contributed by atoms with van der Waals surface area (Å²) >= 11 is 0. The van der Waals surface area contributed by atoms with Crippen LogP contribution in [0.25, 0.3) is 0 Å². The van der Waals surface area contributed by atoms with E-state index >= 15 is 0 Å². The first kappa shape index (κ1) is 24.3. The largest absolute Gasteiger partial charge is 0.366 e. The Morgan fingerprint density at radius 3 is 2.34 bits per heavy atom. The van der Waals surface area contributed by atoms with Crippen LogP contribution in [-0.2, 0) is 17.9 Å². The van der Waals surface area contributed by atoms with Gasteiger partial charge < -0.3 is 20.0 Å². The summed E-state index contributed by atoms with van der Waals surface area (Å²) in [4.78, 5) is 22.7. The van der Waals surface area contributed by atoms with Crippen molar-refractivity contribution in [2.45, 2.75) is 25.9 Å². The number of halogens is 2. The quantitative estimate of drug-likeness (QED) is 0.352. The van der Waals surface area contributed by atoms with E-state index in [9.17, 15) is 9.18 Å².